The molecule has 0 bridgehead atoms. The van der Waals surface area contributed by atoms with Gasteiger partial charge < -0.3 is 4.74 Å². The average molecular weight is 280 g/mol. The van der Waals surface area contributed by atoms with Crippen molar-refractivity contribution in [1.29, 1.82) is 0 Å². The molecule has 0 spiro atoms. The lowest BCUT2D eigenvalue weighted by atomic mass is 9.72. The van der Waals surface area contributed by atoms with Gasteiger partial charge in [0.1, 0.15) is 0 Å². The van der Waals surface area contributed by atoms with Crippen LogP contribution in [0.1, 0.15) is 25.0 Å². The van der Waals surface area contributed by atoms with Crippen molar-refractivity contribution in [2.24, 2.45) is 11.3 Å². The van der Waals surface area contributed by atoms with Gasteiger partial charge in [-0.15, -0.1) is 0 Å². The van der Waals surface area contributed by atoms with E-state index < -0.39 is 5.41 Å². The molecule has 0 aromatic heterocycles. The first kappa shape index (κ1) is 13.9. The highest BCUT2D eigenvalue weighted by molar-refractivity contribution is 5.86. The first-order valence-electron chi connectivity index (χ1n) is 7.30. The summed E-state index contributed by atoms with van der Waals surface area (Å²) >= 11 is 0. The van der Waals surface area contributed by atoms with E-state index in [0.717, 1.165) is 6.42 Å². The van der Waals surface area contributed by atoms with Gasteiger partial charge in [0.25, 0.3) is 0 Å². The molecule has 108 valence electrons. The van der Waals surface area contributed by atoms with Gasteiger partial charge >= 0.3 is 5.97 Å². The van der Waals surface area contributed by atoms with Crippen LogP contribution in [0.3, 0.4) is 0 Å². The maximum atomic E-state index is 12.0. The van der Waals surface area contributed by atoms with Crippen molar-refractivity contribution in [3.8, 4) is 0 Å². The van der Waals surface area contributed by atoms with E-state index >= 15 is 0 Å². The number of carbonyl (C=O) groups excluding carboxylic acids is 1. The van der Waals surface area contributed by atoms with Crippen LogP contribution < -0.4 is 0 Å². The Kier molecular flexibility index (Phi) is 3.32. The number of esters is 1. The molecular formula is C19H20O2. The molecule has 0 amide bonds. The molecule has 3 rings (SSSR count). The van der Waals surface area contributed by atoms with Crippen LogP contribution in [-0.2, 0) is 16.0 Å². The molecule has 0 radical (unpaired) electrons. The number of fused-ring (bicyclic) bond motifs is 2. The van der Waals surface area contributed by atoms with Crippen molar-refractivity contribution in [3.63, 3.8) is 0 Å². The Balaban J connectivity index is 1.99. The van der Waals surface area contributed by atoms with Gasteiger partial charge in [-0.05, 0) is 54.2 Å². The summed E-state index contributed by atoms with van der Waals surface area (Å²) < 4.78 is 4.95. The molecule has 0 saturated carbocycles. The zero-order valence-electron chi connectivity index (χ0n) is 12.7. The summed E-state index contributed by atoms with van der Waals surface area (Å²) in [5.74, 6) is 0.0139. The van der Waals surface area contributed by atoms with Gasteiger partial charge in [0.05, 0.1) is 12.5 Å². The van der Waals surface area contributed by atoms with Crippen molar-refractivity contribution in [3.05, 3.63) is 53.6 Å². The second kappa shape index (κ2) is 5.03. The average Bonchev–Trinajstić information content (AvgIpc) is 2.51. The minimum Gasteiger partial charge on any atom is -0.469 e. The van der Waals surface area contributed by atoms with Gasteiger partial charge in [-0.2, -0.15) is 0 Å². The van der Waals surface area contributed by atoms with Crippen LogP contribution in [0.25, 0.3) is 16.8 Å². The van der Waals surface area contributed by atoms with Crippen LogP contribution >= 0.6 is 0 Å². The number of ether oxygens (including phenoxy) is 1. The Morgan fingerprint density at radius 1 is 1.19 bits per heavy atom. The van der Waals surface area contributed by atoms with Gasteiger partial charge in [-0.25, -0.2) is 0 Å². The number of benzene rings is 2. The minimum absolute atomic E-state index is 0.151. The summed E-state index contributed by atoms with van der Waals surface area (Å²) in [4.78, 5) is 12.0. The van der Waals surface area contributed by atoms with Gasteiger partial charge in [-0.3, -0.25) is 4.79 Å². The molecule has 1 aliphatic carbocycles. The molecule has 1 atom stereocenters. The van der Waals surface area contributed by atoms with Crippen molar-refractivity contribution >= 4 is 22.8 Å². The Hall–Kier alpha value is -2.09. The molecule has 0 aliphatic heterocycles. The fraction of sp³-hybridized carbons (Fsp3) is 0.316. The maximum Gasteiger partial charge on any atom is 0.311 e. The number of hydrogen-bond acceptors (Lipinski definition) is 2. The quantitative estimate of drug-likeness (QED) is 0.770. The number of rotatable bonds is 2. The van der Waals surface area contributed by atoms with Crippen LogP contribution in [0.15, 0.2) is 42.5 Å². The lowest BCUT2D eigenvalue weighted by Gasteiger charge is -2.32. The third kappa shape index (κ3) is 2.35. The highest BCUT2D eigenvalue weighted by atomic mass is 16.5. The third-order valence-electron chi connectivity index (χ3n) is 4.59. The van der Waals surface area contributed by atoms with E-state index in [2.05, 4.69) is 48.6 Å². The van der Waals surface area contributed by atoms with E-state index in [-0.39, 0.29) is 11.9 Å². The number of carbonyl (C=O) groups is 1. The number of hydrogen-bond donors (Lipinski definition) is 0. The SMILES string of the molecule is COC(=O)C(C)(C)[C@H]1C=Cc2cc3ccccc3cc2C1. The summed E-state index contributed by atoms with van der Waals surface area (Å²) in [7, 11) is 1.46. The predicted octanol–water partition coefficient (Wildman–Crippen LogP) is 4.22. The van der Waals surface area contributed by atoms with Gasteiger partial charge in [-0.1, -0.05) is 42.5 Å². The molecule has 2 aromatic carbocycles. The highest BCUT2D eigenvalue weighted by Gasteiger charge is 2.37. The van der Waals surface area contributed by atoms with E-state index in [9.17, 15) is 4.79 Å². The van der Waals surface area contributed by atoms with Crippen molar-refractivity contribution in [1.82, 2.24) is 0 Å². The first-order chi connectivity index (χ1) is 10.0. The molecule has 0 fully saturated rings. The molecule has 2 nitrogen and oxygen atoms in total. The van der Waals surface area contributed by atoms with Gasteiger partial charge in [0.15, 0.2) is 0 Å². The molecular weight excluding hydrogens is 260 g/mol. The van der Waals surface area contributed by atoms with E-state index in [0.29, 0.717) is 0 Å². The largest absolute Gasteiger partial charge is 0.469 e. The van der Waals surface area contributed by atoms with Crippen molar-refractivity contribution < 1.29 is 9.53 Å². The lowest BCUT2D eigenvalue weighted by molar-refractivity contribution is -0.152. The minimum atomic E-state index is -0.505. The lowest BCUT2D eigenvalue weighted by Crippen LogP contribution is -2.35. The van der Waals surface area contributed by atoms with Crippen LogP contribution in [0.2, 0.25) is 0 Å². The van der Waals surface area contributed by atoms with Gasteiger partial charge in [0.2, 0.25) is 0 Å². The molecule has 0 heterocycles. The van der Waals surface area contributed by atoms with Crippen LogP contribution in [0.4, 0.5) is 0 Å². The summed E-state index contributed by atoms with van der Waals surface area (Å²) in [6.45, 7) is 3.92. The zero-order chi connectivity index (χ0) is 15.0. The smallest absolute Gasteiger partial charge is 0.311 e. The Labute approximate surface area is 125 Å². The molecule has 0 unspecified atom stereocenters. The highest BCUT2D eigenvalue weighted by Crippen LogP contribution is 2.37. The molecule has 2 heteroatoms. The molecule has 2 aromatic rings. The second-order valence-corrected chi connectivity index (χ2v) is 6.28. The Morgan fingerprint density at radius 2 is 1.86 bits per heavy atom. The van der Waals surface area contributed by atoms with Crippen molar-refractivity contribution in [2.75, 3.05) is 7.11 Å². The molecule has 0 saturated heterocycles. The summed E-state index contributed by atoms with van der Waals surface area (Å²) in [6.07, 6.45) is 5.16. The first-order valence-corrected chi connectivity index (χ1v) is 7.30. The molecule has 0 N–H and O–H groups in total. The van der Waals surface area contributed by atoms with Gasteiger partial charge in [0, 0.05) is 0 Å². The predicted molar refractivity (Wildman–Crippen MR) is 86.0 cm³/mol. The van der Waals surface area contributed by atoms with Crippen LogP contribution in [-0.4, -0.2) is 13.1 Å². The summed E-state index contributed by atoms with van der Waals surface area (Å²) in [5, 5.41) is 2.51. The maximum absolute atomic E-state index is 12.0. The molecule has 1 aliphatic rings. The summed E-state index contributed by atoms with van der Waals surface area (Å²) in [5.41, 5.74) is 2.05. The Morgan fingerprint density at radius 3 is 2.52 bits per heavy atom. The fourth-order valence-electron chi connectivity index (χ4n) is 3.07. The van der Waals surface area contributed by atoms with E-state index in [1.807, 2.05) is 13.8 Å². The second-order valence-electron chi connectivity index (χ2n) is 6.28. The number of allylic oxidation sites excluding steroid dienone is 1. The topological polar surface area (TPSA) is 26.3 Å². The standard InChI is InChI=1S/C19H20O2/c1-19(2,18(20)21-3)17-9-8-15-10-13-6-4-5-7-14(13)11-16(15)12-17/h4-11,17H,12H2,1-3H3/t17-/m0/s1. The van der Waals surface area contributed by atoms with Crippen molar-refractivity contribution in [2.45, 2.75) is 20.3 Å². The number of methoxy groups -OCH3 is 1. The fourth-order valence-corrected chi connectivity index (χ4v) is 3.07. The van der Waals surface area contributed by atoms with E-state index in [1.165, 1.54) is 29.0 Å². The Bertz CT molecular complexity index is 725. The van der Waals surface area contributed by atoms with E-state index in [4.69, 9.17) is 4.74 Å². The van der Waals surface area contributed by atoms with E-state index in [1.54, 1.807) is 0 Å². The monoisotopic (exact) mass is 280 g/mol. The normalized spacial score (nSPS) is 17.6. The molecule has 21 heavy (non-hydrogen) atoms. The van der Waals surface area contributed by atoms with Crippen LogP contribution in [0.5, 0.6) is 0 Å². The third-order valence-corrected chi connectivity index (χ3v) is 4.59. The summed E-state index contributed by atoms with van der Waals surface area (Å²) in [6, 6.07) is 12.9. The van der Waals surface area contributed by atoms with Crippen LogP contribution in [0, 0.1) is 11.3 Å². The zero-order valence-corrected chi connectivity index (χ0v) is 12.7.